The van der Waals surface area contributed by atoms with Gasteiger partial charge in [0.05, 0.1) is 12.7 Å². The lowest BCUT2D eigenvalue weighted by Crippen LogP contribution is -2.33. The third kappa shape index (κ3) is 6.99. The molecule has 6 nitrogen and oxygen atoms in total. The van der Waals surface area contributed by atoms with Crippen LogP contribution in [-0.2, 0) is 9.47 Å². The second-order valence-electron chi connectivity index (χ2n) is 5.90. The zero-order valence-corrected chi connectivity index (χ0v) is 13.9. The molecule has 7 heteroatoms. The molecule has 1 aromatic carbocycles. The van der Waals surface area contributed by atoms with E-state index in [0.717, 1.165) is 0 Å². The van der Waals surface area contributed by atoms with E-state index in [2.05, 4.69) is 15.4 Å². The summed E-state index contributed by atoms with van der Waals surface area (Å²) in [6, 6.07) is 4.12. The summed E-state index contributed by atoms with van der Waals surface area (Å²) in [7, 11) is 1.20. The zero-order valence-electron chi connectivity index (χ0n) is 13.9. The standard InChI is InChI=1S/C16H23FN2O4/c1-16(2,3)23-15(21)19-9-5-8-18-11-6-7-13(17)12(10-11)14(20)22-4/h6-7,10,18H,5,8-9H2,1-4H3,(H,19,21). The van der Waals surface area contributed by atoms with Crippen molar-refractivity contribution in [3.05, 3.63) is 29.6 Å². The first kappa shape index (κ1) is 18.7. The van der Waals surface area contributed by atoms with Crippen molar-refractivity contribution in [2.45, 2.75) is 32.8 Å². The number of amides is 1. The highest BCUT2D eigenvalue weighted by Crippen LogP contribution is 2.15. The number of methoxy groups -OCH3 is 1. The van der Waals surface area contributed by atoms with Crippen LogP contribution in [0.5, 0.6) is 0 Å². The van der Waals surface area contributed by atoms with Gasteiger partial charge < -0.3 is 20.1 Å². The number of hydrogen-bond donors (Lipinski definition) is 2. The highest BCUT2D eigenvalue weighted by molar-refractivity contribution is 5.90. The van der Waals surface area contributed by atoms with E-state index in [4.69, 9.17) is 4.74 Å². The summed E-state index contributed by atoms with van der Waals surface area (Å²) in [5.41, 5.74) is -0.0470. The number of carbonyl (C=O) groups excluding carboxylic acids is 2. The van der Waals surface area contributed by atoms with Gasteiger partial charge in [-0.25, -0.2) is 14.0 Å². The summed E-state index contributed by atoms with van der Waals surface area (Å²) in [4.78, 5) is 22.8. The first-order valence-corrected chi connectivity index (χ1v) is 7.31. The van der Waals surface area contributed by atoms with Crippen LogP contribution in [0.4, 0.5) is 14.9 Å². The number of anilines is 1. The summed E-state index contributed by atoms with van der Waals surface area (Å²) >= 11 is 0. The van der Waals surface area contributed by atoms with Crippen LogP contribution in [0.3, 0.4) is 0 Å². The minimum absolute atomic E-state index is 0.121. The summed E-state index contributed by atoms with van der Waals surface area (Å²) in [6.45, 7) is 6.36. The van der Waals surface area contributed by atoms with Crippen LogP contribution in [0.1, 0.15) is 37.6 Å². The Morgan fingerprint density at radius 2 is 1.91 bits per heavy atom. The summed E-state index contributed by atoms with van der Waals surface area (Å²) < 4.78 is 23.1. The fraction of sp³-hybridized carbons (Fsp3) is 0.500. The molecule has 0 fully saturated rings. The molecule has 128 valence electrons. The van der Waals surface area contributed by atoms with Gasteiger partial charge in [-0.3, -0.25) is 0 Å². The van der Waals surface area contributed by atoms with Crippen LogP contribution < -0.4 is 10.6 Å². The normalized spacial score (nSPS) is 10.8. The average molecular weight is 326 g/mol. The largest absolute Gasteiger partial charge is 0.465 e. The first-order chi connectivity index (χ1) is 10.7. The fourth-order valence-corrected chi connectivity index (χ4v) is 1.73. The second-order valence-corrected chi connectivity index (χ2v) is 5.90. The van der Waals surface area contributed by atoms with Crippen LogP contribution in [0.15, 0.2) is 18.2 Å². The topological polar surface area (TPSA) is 76.7 Å². The summed E-state index contributed by atoms with van der Waals surface area (Å²) in [5, 5.41) is 5.68. The molecule has 0 saturated heterocycles. The summed E-state index contributed by atoms with van der Waals surface area (Å²) in [6.07, 6.45) is 0.178. The van der Waals surface area contributed by atoms with E-state index in [-0.39, 0.29) is 5.56 Å². The number of nitrogens with one attached hydrogen (secondary N) is 2. The first-order valence-electron chi connectivity index (χ1n) is 7.31. The van der Waals surface area contributed by atoms with E-state index in [1.54, 1.807) is 20.8 Å². The maximum absolute atomic E-state index is 13.5. The third-order valence-electron chi connectivity index (χ3n) is 2.72. The Kier molecular flexibility index (Phi) is 6.81. The molecule has 0 aliphatic heterocycles. The van der Waals surface area contributed by atoms with Gasteiger partial charge >= 0.3 is 12.1 Å². The van der Waals surface area contributed by atoms with Gasteiger partial charge in [0.2, 0.25) is 0 Å². The Labute approximate surface area is 135 Å². The number of ether oxygens (including phenoxy) is 2. The van der Waals surface area contributed by atoms with Gasteiger partial charge in [0.25, 0.3) is 0 Å². The van der Waals surface area contributed by atoms with Crippen LogP contribution in [0, 0.1) is 5.82 Å². The van der Waals surface area contributed by atoms with E-state index < -0.39 is 23.5 Å². The van der Waals surface area contributed by atoms with Gasteiger partial charge in [-0.15, -0.1) is 0 Å². The molecular weight excluding hydrogens is 303 g/mol. The van der Waals surface area contributed by atoms with Gasteiger partial charge in [0, 0.05) is 18.8 Å². The number of alkyl carbamates (subject to hydrolysis) is 1. The molecule has 1 rings (SSSR count). The molecule has 0 unspecified atom stereocenters. The molecule has 0 aromatic heterocycles. The van der Waals surface area contributed by atoms with Crippen molar-refractivity contribution in [3.63, 3.8) is 0 Å². The molecule has 0 aliphatic rings. The van der Waals surface area contributed by atoms with E-state index in [1.807, 2.05) is 0 Å². The van der Waals surface area contributed by atoms with Crippen molar-refractivity contribution < 1.29 is 23.5 Å². The fourth-order valence-electron chi connectivity index (χ4n) is 1.73. The highest BCUT2D eigenvalue weighted by atomic mass is 19.1. The molecule has 0 spiro atoms. The van der Waals surface area contributed by atoms with Gasteiger partial charge in [-0.1, -0.05) is 0 Å². The monoisotopic (exact) mass is 326 g/mol. The molecule has 0 atom stereocenters. The number of hydrogen-bond acceptors (Lipinski definition) is 5. The SMILES string of the molecule is COC(=O)c1cc(NCCCNC(=O)OC(C)(C)C)ccc1F. The van der Waals surface area contributed by atoms with Crippen molar-refractivity contribution >= 4 is 17.7 Å². The number of esters is 1. The Morgan fingerprint density at radius 1 is 1.22 bits per heavy atom. The van der Waals surface area contributed by atoms with Crippen LogP contribution in [-0.4, -0.2) is 37.9 Å². The molecule has 1 aromatic rings. The number of rotatable bonds is 6. The lowest BCUT2D eigenvalue weighted by molar-refractivity contribution is 0.0526. The van der Waals surface area contributed by atoms with Crippen molar-refractivity contribution in [3.8, 4) is 0 Å². The number of benzene rings is 1. The van der Waals surface area contributed by atoms with Gasteiger partial charge in [0.15, 0.2) is 0 Å². The van der Waals surface area contributed by atoms with Crippen LogP contribution in [0.2, 0.25) is 0 Å². The maximum Gasteiger partial charge on any atom is 0.407 e. The minimum Gasteiger partial charge on any atom is -0.465 e. The van der Waals surface area contributed by atoms with E-state index >= 15 is 0 Å². The van der Waals surface area contributed by atoms with Gasteiger partial charge in [-0.2, -0.15) is 0 Å². The van der Waals surface area contributed by atoms with E-state index in [0.29, 0.717) is 25.2 Å². The molecule has 0 bridgehead atoms. The molecule has 0 heterocycles. The lowest BCUT2D eigenvalue weighted by Gasteiger charge is -2.19. The molecule has 0 radical (unpaired) electrons. The molecule has 23 heavy (non-hydrogen) atoms. The number of halogens is 1. The Balaban J connectivity index is 2.37. The lowest BCUT2D eigenvalue weighted by atomic mass is 10.2. The Bertz CT molecular complexity index is 556. The van der Waals surface area contributed by atoms with Crippen molar-refractivity contribution in [2.75, 3.05) is 25.5 Å². The third-order valence-corrected chi connectivity index (χ3v) is 2.72. The second kappa shape index (κ2) is 8.36. The predicted octanol–water partition coefficient (Wildman–Crippen LogP) is 2.94. The molecular formula is C16H23FN2O4. The smallest absolute Gasteiger partial charge is 0.407 e. The Hall–Kier alpha value is -2.31. The van der Waals surface area contributed by atoms with Crippen LogP contribution in [0.25, 0.3) is 0 Å². The highest BCUT2D eigenvalue weighted by Gasteiger charge is 2.15. The number of carbonyl (C=O) groups is 2. The molecule has 1 amide bonds. The molecule has 2 N–H and O–H groups in total. The minimum atomic E-state index is -0.724. The van der Waals surface area contributed by atoms with Crippen molar-refractivity contribution in [1.29, 1.82) is 0 Å². The quantitative estimate of drug-likeness (QED) is 0.621. The summed E-state index contributed by atoms with van der Waals surface area (Å²) in [5.74, 6) is -1.35. The van der Waals surface area contributed by atoms with Crippen molar-refractivity contribution in [1.82, 2.24) is 5.32 Å². The van der Waals surface area contributed by atoms with Gasteiger partial charge in [-0.05, 0) is 45.4 Å². The van der Waals surface area contributed by atoms with E-state index in [9.17, 15) is 14.0 Å². The van der Waals surface area contributed by atoms with Gasteiger partial charge in [0.1, 0.15) is 11.4 Å². The van der Waals surface area contributed by atoms with Crippen LogP contribution >= 0.6 is 0 Å². The maximum atomic E-state index is 13.5. The Morgan fingerprint density at radius 3 is 2.52 bits per heavy atom. The van der Waals surface area contributed by atoms with E-state index in [1.165, 1.54) is 25.3 Å². The average Bonchev–Trinajstić information content (AvgIpc) is 2.45. The predicted molar refractivity (Wildman–Crippen MR) is 85.1 cm³/mol. The zero-order chi connectivity index (χ0) is 17.5. The molecule has 0 saturated carbocycles. The van der Waals surface area contributed by atoms with Crippen molar-refractivity contribution in [2.24, 2.45) is 0 Å². The molecule has 0 aliphatic carbocycles.